The number of anilines is 1. The summed E-state index contributed by atoms with van der Waals surface area (Å²) in [4.78, 5) is 18.2. The number of halogens is 6. The fourth-order valence-electron chi connectivity index (χ4n) is 3.10. The first-order valence-corrected chi connectivity index (χ1v) is 9.68. The molecule has 1 amide bonds. The van der Waals surface area contributed by atoms with Gasteiger partial charge in [0.25, 0.3) is 11.5 Å². The zero-order valence-electron chi connectivity index (χ0n) is 15.5. The molecule has 2 aromatic rings. The zero-order chi connectivity index (χ0) is 22.3. The van der Waals surface area contributed by atoms with Gasteiger partial charge < -0.3 is 10.0 Å². The van der Waals surface area contributed by atoms with Crippen LogP contribution in [0.1, 0.15) is 29.4 Å². The Morgan fingerprint density at radius 1 is 1.17 bits per heavy atom. The number of pyridine rings is 1. The quantitative estimate of drug-likeness (QED) is 0.675. The van der Waals surface area contributed by atoms with E-state index in [1.54, 1.807) is 19.1 Å². The monoisotopic (exact) mass is 450 g/mol. The smallest absolute Gasteiger partial charge is 0.369 e. The standard InChI is InChI=1S/C19H16F6N2O2S/c1-2-12-10-27(16(28)13-5-3-4-8-26-13)14-7-6-11(9-15(14)30-12)17(29,18(20,21)22)19(23,24)25/h3-9,12,29H,2,10H2,1H3/t12-/m0/s1. The van der Waals surface area contributed by atoms with Gasteiger partial charge in [-0.05, 0) is 30.7 Å². The summed E-state index contributed by atoms with van der Waals surface area (Å²) in [5.41, 5.74) is -6.12. The Balaban J connectivity index is 2.11. The molecule has 0 bridgehead atoms. The van der Waals surface area contributed by atoms with Gasteiger partial charge in [-0.1, -0.05) is 19.1 Å². The van der Waals surface area contributed by atoms with Crippen molar-refractivity contribution in [2.24, 2.45) is 0 Å². The first-order valence-electron chi connectivity index (χ1n) is 8.80. The average Bonchev–Trinajstić information content (AvgIpc) is 2.70. The number of fused-ring (bicyclic) bond motifs is 1. The maximum absolute atomic E-state index is 13.2. The number of hydrogen-bond donors (Lipinski definition) is 1. The van der Waals surface area contributed by atoms with Gasteiger partial charge >= 0.3 is 12.4 Å². The molecule has 1 aliphatic heterocycles. The number of amides is 1. The van der Waals surface area contributed by atoms with Gasteiger partial charge in [-0.25, -0.2) is 0 Å². The molecular formula is C19H16F6N2O2S. The number of carbonyl (C=O) groups excluding carboxylic acids is 1. The van der Waals surface area contributed by atoms with Gasteiger partial charge in [-0.3, -0.25) is 9.78 Å². The Hall–Kier alpha value is -2.27. The molecule has 1 aliphatic rings. The summed E-state index contributed by atoms with van der Waals surface area (Å²) in [7, 11) is 0. The van der Waals surface area contributed by atoms with Gasteiger partial charge in [0, 0.05) is 28.5 Å². The summed E-state index contributed by atoms with van der Waals surface area (Å²) < 4.78 is 79.4. The van der Waals surface area contributed by atoms with E-state index in [0.29, 0.717) is 18.6 Å². The summed E-state index contributed by atoms with van der Waals surface area (Å²) in [5, 5.41) is 9.42. The van der Waals surface area contributed by atoms with E-state index in [1.807, 2.05) is 0 Å². The minimum atomic E-state index is -5.98. The molecule has 162 valence electrons. The molecular weight excluding hydrogens is 434 g/mol. The van der Waals surface area contributed by atoms with Crippen molar-refractivity contribution in [3.63, 3.8) is 0 Å². The second-order valence-corrected chi connectivity index (χ2v) is 8.01. The Morgan fingerprint density at radius 2 is 1.83 bits per heavy atom. The van der Waals surface area contributed by atoms with E-state index >= 15 is 0 Å². The molecule has 4 nitrogen and oxygen atoms in total. The second-order valence-electron chi connectivity index (χ2n) is 6.67. The molecule has 2 heterocycles. The lowest BCUT2D eigenvalue weighted by molar-refractivity contribution is -0.376. The summed E-state index contributed by atoms with van der Waals surface area (Å²) in [5.74, 6) is -0.523. The highest BCUT2D eigenvalue weighted by Crippen LogP contribution is 2.52. The van der Waals surface area contributed by atoms with E-state index < -0.39 is 29.4 Å². The van der Waals surface area contributed by atoms with Gasteiger partial charge in [0.15, 0.2) is 0 Å². The highest BCUT2D eigenvalue weighted by Gasteiger charge is 2.71. The number of hydrogen-bond acceptors (Lipinski definition) is 4. The molecule has 1 aromatic heterocycles. The fraction of sp³-hybridized carbons (Fsp3) is 0.368. The highest BCUT2D eigenvalue weighted by atomic mass is 32.2. The van der Waals surface area contributed by atoms with E-state index in [1.165, 1.54) is 17.2 Å². The van der Waals surface area contributed by atoms with Crippen LogP contribution in [0.3, 0.4) is 0 Å². The fourth-order valence-corrected chi connectivity index (χ4v) is 4.34. The molecule has 1 aromatic carbocycles. The lowest BCUT2D eigenvalue weighted by Gasteiger charge is -2.36. The number of nitrogens with zero attached hydrogens (tertiary/aromatic N) is 2. The zero-order valence-corrected chi connectivity index (χ0v) is 16.3. The van der Waals surface area contributed by atoms with Crippen LogP contribution in [-0.4, -0.2) is 40.1 Å². The Kier molecular flexibility index (Phi) is 5.80. The van der Waals surface area contributed by atoms with E-state index in [0.717, 1.165) is 17.8 Å². The summed E-state index contributed by atoms with van der Waals surface area (Å²) in [6, 6.07) is 6.85. The molecule has 0 saturated heterocycles. The lowest BCUT2D eigenvalue weighted by Crippen LogP contribution is -2.54. The normalized spacial score (nSPS) is 17.6. The van der Waals surface area contributed by atoms with Crippen molar-refractivity contribution in [2.45, 2.75) is 41.4 Å². The predicted molar refractivity (Wildman–Crippen MR) is 98.3 cm³/mol. The molecule has 0 spiro atoms. The average molecular weight is 450 g/mol. The maximum atomic E-state index is 13.2. The number of thioether (sulfide) groups is 1. The molecule has 3 rings (SSSR count). The van der Waals surface area contributed by atoms with Crippen molar-refractivity contribution in [3.05, 3.63) is 53.9 Å². The molecule has 0 unspecified atom stereocenters. The van der Waals surface area contributed by atoms with Crippen molar-refractivity contribution in [1.29, 1.82) is 0 Å². The first kappa shape index (κ1) is 22.4. The second kappa shape index (κ2) is 7.77. The van der Waals surface area contributed by atoms with Crippen molar-refractivity contribution < 1.29 is 36.2 Å². The summed E-state index contributed by atoms with van der Waals surface area (Å²) in [6.45, 7) is 2.00. The van der Waals surface area contributed by atoms with Crippen LogP contribution in [0.15, 0.2) is 47.5 Å². The largest absolute Gasteiger partial charge is 0.430 e. The SMILES string of the molecule is CC[C@H]1CN(C(=O)c2ccccn2)c2ccc(C(O)(C(F)(F)F)C(F)(F)F)cc2S1. The van der Waals surface area contributed by atoms with Crippen molar-refractivity contribution in [2.75, 3.05) is 11.4 Å². The van der Waals surface area contributed by atoms with Crippen molar-refractivity contribution >= 4 is 23.4 Å². The third-order valence-electron chi connectivity index (χ3n) is 4.75. The molecule has 0 saturated carbocycles. The third kappa shape index (κ3) is 3.76. The van der Waals surface area contributed by atoms with Crippen LogP contribution in [0.4, 0.5) is 32.0 Å². The van der Waals surface area contributed by atoms with Gasteiger partial charge in [0.2, 0.25) is 0 Å². The van der Waals surface area contributed by atoms with E-state index in [9.17, 15) is 36.2 Å². The third-order valence-corrected chi connectivity index (χ3v) is 6.15. The number of aromatic nitrogens is 1. The minimum Gasteiger partial charge on any atom is -0.369 e. The molecule has 0 fully saturated rings. The number of carbonyl (C=O) groups is 1. The van der Waals surface area contributed by atoms with Crippen LogP contribution in [0.5, 0.6) is 0 Å². The van der Waals surface area contributed by atoms with Crippen LogP contribution in [-0.2, 0) is 5.60 Å². The van der Waals surface area contributed by atoms with Gasteiger partial charge in [0.05, 0.1) is 5.69 Å². The lowest BCUT2D eigenvalue weighted by atomic mass is 9.92. The first-order chi connectivity index (χ1) is 13.9. The van der Waals surface area contributed by atoms with Gasteiger partial charge in [-0.15, -0.1) is 11.8 Å². The van der Waals surface area contributed by atoms with Crippen molar-refractivity contribution in [3.8, 4) is 0 Å². The Bertz CT molecular complexity index is 919. The number of aliphatic hydroxyl groups is 1. The topological polar surface area (TPSA) is 53.4 Å². The predicted octanol–water partition coefficient (Wildman–Crippen LogP) is 4.92. The number of benzene rings is 1. The van der Waals surface area contributed by atoms with Crippen LogP contribution in [0, 0.1) is 0 Å². The Labute approximate surface area is 171 Å². The molecule has 30 heavy (non-hydrogen) atoms. The van der Waals surface area contributed by atoms with Gasteiger partial charge in [0.1, 0.15) is 5.69 Å². The minimum absolute atomic E-state index is 0.0433. The highest BCUT2D eigenvalue weighted by molar-refractivity contribution is 8.00. The van der Waals surface area contributed by atoms with Gasteiger partial charge in [-0.2, -0.15) is 26.3 Å². The van der Waals surface area contributed by atoms with Crippen LogP contribution in [0.2, 0.25) is 0 Å². The van der Waals surface area contributed by atoms with E-state index in [2.05, 4.69) is 4.98 Å². The Morgan fingerprint density at radius 3 is 2.37 bits per heavy atom. The number of alkyl halides is 6. The van der Waals surface area contributed by atoms with Crippen LogP contribution in [0.25, 0.3) is 0 Å². The van der Waals surface area contributed by atoms with E-state index in [4.69, 9.17) is 0 Å². The molecule has 0 aliphatic carbocycles. The molecule has 1 N–H and O–H groups in total. The summed E-state index contributed by atoms with van der Waals surface area (Å²) in [6.07, 6.45) is -10.0. The summed E-state index contributed by atoms with van der Waals surface area (Å²) >= 11 is 1.06. The molecule has 11 heteroatoms. The maximum Gasteiger partial charge on any atom is 0.430 e. The molecule has 0 radical (unpaired) electrons. The van der Waals surface area contributed by atoms with E-state index in [-0.39, 0.29) is 28.1 Å². The molecule has 1 atom stereocenters. The van der Waals surface area contributed by atoms with Crippen molar-refractivity contribution in [1.82, 2.24) is 4.98 Å². The van der Waals surface area contributed by atoms with Crippen LogP contribution >= 0.6 is 11.8 Å². The van der Waals surface area contributed by atoms with Crippen LogP contribution < -0.4 is 4.90 Å². The number of rotatable bonds is 3.